The Morgan fingerprint density at radius 2 is 2.04 bits per heavy atom. The second-order valence-corrected chi connectivity index (χ2v) is 6.40. The van der Waals surface area contributed by atoms with Crippen LogP contribution in [0.25, 0.3) is 0 Å². The monoisotopic (exact) mass is 396 g/mol. The molecule has 0 aliphatic carbocycles. The zero-order valence-corrected chi connectivity index (χ0v) is 15.3. The van der Waals surface area contributed by atoms with Crippen molar-refractivity contribution in [2.24, 2.45) is 0 Å². The van der Waals surface area contributed by atoms with Crippen LogP contribution in [0.2, 0.25) is 10.0 Å². The maximum Gasteiger partial charge on any atom is 0.248 e. The SMILES string of the molecule is Cc1nn(CCC(=O)Nc2ncn(Cc3c(F)cccc3Cl)n2)cc1Cl. The summed E-state index contributed by atoms with van der Waals surface area (Å²) in [6.45, 7) is 2.28. The number of nitrogens with one attached hydrogen (secondary N) is 1. The lowest BCUT2D eigenvalue weighted by Crippen LogP contribution is -2.16. The fourth-order valence-corrected chi connectivity index (χ4v) is 2.66. The molecule has 136 valence electrons. The van der Waals surface area contributed by atoms with Gasteiger partial charge in [-0.15, -0.1) is 5.10 Å². The average molecular weight is 397 g/mol. The van der Waals surface area contributed by atoms with E-state index in [2.05, 4.69) is 20.5 Å². The number of nitrogens with zero attached hydrogens (tertiary/aromatic N) is 5. The normalized spacial score (nSPS) is 10.9. The van der Waals surface area contributed by atoms with E-state index in [1.807, 2.05) is 0 Å². The lowest BCUT2D eigenvalue weighted by atomic mass is 10.2. The molecule has 0 saturated carbocycles. The van der Waals surface area contributed by atoms with Gasteiger partial charge in [0.25, 0.3) is 0 Å². The van der Waals surface area contributed by atoms with E-state index in [0.717, 1.165) is 0 Å². The Kier molecular flexibility index (Phi) is 5.53. The van der Waals surface area contributed by atoms with Gasteiger partial charge in [-0.05, 0) is 19.1 Å². The highest BCUT2D eigenvalue weighted by atomic mass is 35.5. The number of aryl methyl sites for hydroxylation is 2. The van der Waals surface area contributed by atoms with Crippen LogP contribution in [0.5, 0.6) is 0 Å². The Morgan fingerprint density at radius 3 is 2.73 bits per heavy atom. The fraction of sp³-hybridized carbons (Fsp3) is 0.250. The smallest absolute Gasteiger partial charge is 0.248 e. The zero-order valence-electron chi connectivity index (χ0n) is 13.8. The fourth-order valence-electron chi connectivity index (χ4n) is 2.28. The van der Waals surface area contributed by atoms with Crippen molar-refractivity contribution >= 4 is 35.1 Å². The molecule has 0 aliphatic heterocycles. The minimum Gasteiger partial charge on any atom is -0.293 e. The first-order chi connectivity index (χ1) is 12.4. The molecule has 1 amide bonds. The largest absolute Gasteiger partial charge is 0.293 e. The van der Waals surface area contributed by atoms with Gasteiger partial charge < -0.3 is 0 Å². The van der Waals surface area contributed by atoms with Gasteiger partial charge in [0.1, 0.15) is 12.1 Å². The van der Waals surface area contributed by atoms with Crippen LogP contribution >= 0.6 is 23.2 Å². The average Bonchev–Trinajstić information content (AvgIpc) is 3.16. The number of benzene rings is 1. The standard InChI is InChI=1S/C16H15Cl2FN6O/c1-10-13(18)8-24(22-10)6-5-15(26)21-16-20-9-25(23-16)7-11-12(17)3-2-4-14(11)19/h2-4,8-9H,5-7H2,1H3,(H,21,23,26). The van der Waals surface area contributed by atoms with E-state index in [4.69, 9.17) is 23.2 Å². The van der Waals surface area contributed by atoms with Crippen molar-refractivity contribution in [3.8, 4) is 0 Å². The van der Waals surface area contributed by atoms with E-state index >= 15 is 0 Å². The molecule has 0 atom stereocenters. The number of hydrogen-bond donors (Lipinski definition) is 1. The van der Waals surface area contributed by atoms with Gasteiger partial charge in [-0.25, -0.2) is 14.1 Å². The third-order valence-electron chi connectivity index (χ3n) is 3.62. The Balaban J connectivity index is 1.57. The summed E-state index contributed by atoms with van der Waals surface area (Å²) in [5.74, 6) is -0.556. The second-order valence-electron chi connectivity index (χ2n) is 5.59. The molecule has 2 aromatic heterocycles. The molecule has 7 nitrogen and oxygen atoms in total. The van der Waals surface area contributed by atoms with Crippen LogP contribution in [-0.2, 0) is 17.9 Å². The van der Waals surface area contributed by atoms with Crippen molar-refractivity contribution in [1.29, 1.82) is 0 Å². The molecule has 3 rings (SSSR count). The van der Waals surface area contributed by atoms with E-state index in [9.17, 15) is 9.18 Å². The molecular weight excluding hydrogens is 382 g/mol. The molecule has 0 spiro atoms. The maximum atomic E-state index is 13.8. The Labute approximate surface area is 158 Å². The van der Waals surface area contributed by atoms with Crippen molar-refractivity contribution in [3.63, 3.8) is 0 Å². The number of anilines is 1. The Bertz CT molecular complexity index is 899. The van der Waals surface area contributed by atoms with Crippen molar-refractivity contribution in [2.75, 3.05) is 5.32 Å². The molecule has 26 heavy (non-hydrogen) atoms. The summed E-state index contributed by atoms with van der Waals surface area (Å²) in [7, 11) is 0. The van der Waals surface area contributed by atoms with Crippen LogP contribution in [0.4, 0.5) is 10.3 Å². The minimum atomic E-state index is -0.424. The summed E-state index contributed by atoms with van der Waals surface area (Å²) in [4.78, 5) is 16.0. The Morgan fingerprint density at radius 1 is 1.23 bits per heavy atom. The predicted octanol–water partition coefficient (Wildman–Crippen LogP) is 3.31. The van der Waals surface area contributed by atoms with E-state index in [1.165, 1.54) is 23.1 Å². The van der Waals surface area contributed by atoms with E-state index in [-0.39, 0.29) is 24.8 Å². The third-order valence-corrected chi connectivity index (χ3v) is 4.35. The number of carbonyl (C=O) groups excluding carboxylic acids is 1. The summed E-state index contributed by atoms with van der Waals surface area (Å²) >= 11 is 11.9. The first-order valence-corrected chi connectivity index (χ1v) is 8.49. The van der Waals surface area contributed by atoms with Crippen LogP contribution in [-0.4, -0.2) is 30.5 Å². The third kappa shape index (κ3) is 4.39. The van der Waals surface area contributed by atoms with Crippen LogP contribution in [0, 0.1) is 12.7 Å². The van der Waals surface area contributed by atoms with Crippen molar-refractivity contribution in [2.45, 2.75) is 26.4 Å². The number of amides is 1. The molecule has 0 fully saturated rings. The number of hydrogen-bond acceptors (Lipinski definition) is 4. The molecule has 10 heteroatoms. The number of carbonyl (C=O) groups is 1. The van der Waals surface area contributed by atoms with Gasteiger partial charge in [-0.2, -0.15) is 5.10 Å². The molecule has 0 radical (unpaired) electrons. The molecule has 0 unspecified atom stereocenters. The maximum absolute atomic E-state index is 13.8. The minimum absolute atomic E-state index is 0.111. The molecule has 3 aromatic rings. The lowest BCUT2D eigenvalue weighted by molar-refractivity contribution is -0.116. The summed E-state index contributed by atoms with van der Waals surface area (Å²) in [5.41, 5.74) is 1.02. The first kappa shape index (κ1) is 18.3. The molecular formula is C16H15Cl2FN6O. The van der Waals surface area contributed by atoms with Gasteiger partial charge in [0.2, 0.25) is 11.9 Å². The molecule has 2 heterocycles. The highest BCUT2D eigenvalue weighted by molar-refractivity contribution is 6.31. The molecule has 1 aromatic carbocycles. The summed E-state index contributed by atoms with van der Waals surface area (Å²) < 4.78 is 16.8. The quantitative estimate of drug-likeness (QED) is 0.693. The highest BCUT2D eigenvalue weighted by Crippen LogP contribution is 2.20. The van der Waals surface area contributed by atoms with Crippen LogP contribution in [0.15, 0.2) is 30.7 Å². The van der Waals surface area contributed by atoms with Gasteiger partial charge in [-0.3, -0.25) is 14.8 Å². The second kappa shape index (κ2) is 7.84. The number of aromatic nitrogens is 5. The number of halogens is 3. The highest BCUT2D eigenvalue weighted by Gasteiger charge is 2.11. The van der Waals surface area contributed by atoms with E-state index in [1.54, 1.807) is 23.9 Å². The van der Waals surface area contributed by atoms with E-state index < -0.39 is 5.82 Å². The van der Waals surface area contributed by atoms with Gasteiger partial charge in [0, 0.05) is 29.7 Å². The van der Waals surface area contributed by atoms with Crippen molar-refractivity contribution in [1.82, 2.24) is 24.5 Å². The van der Waals surface area contributed by atoms with Crippen molar-refractivity contribution < 1.29 is 9.18 Å². The van der Waals surface area contributed by atoms with Crippen molar-refractivity contribution in [3.05, 3.63) is 57.8 Å². The molecule has 0 bridgehead atoms. The molecule has 0 aliphatic rings. The van der Waals surface area contributed by atoms with Gasteiger partial charge >= 0.3 is 0 Å². The topological polar surface area (TPSA) is 77.6 Å². The van der Waals surface area contributed by atoms with Gasteiger partial charge in [-0.1, -0.05) is 29.3 Å². The summed E-state index contributed by atoms with van der Waals surface area (Å²) in [5, 5.41) is 11.7. The van der Waals surface area contributed by atoms with Gasteiger partial charge in [0.15, 0.2) is 0 Å². The van der Waals surface area contributed by atoms with E-state index in [0.29, 0.717) is 27.8 Å². The predicted molar refractivity (Wildman–Crippen MR) is 95.8 cm³/mol. The summed E-state index contributed by atoms with van der Waals surface area (Å²) in [6.07, 6.45) is 3.25. The zero-order chi connectivity index (χ0) is 18.7. The lowest BCUT2D eigenvalue weighted by Gasteiger charge is -2.05. The molecule has 1 N–H and O–H groups in total. The van der Waals surface area contributed by atoms with Gasteiger partial charge in [0.05, 0.1) is 17.3 Å². The van der Waals surface area contributed by atoms with Crippen LogP contribution in [0.1, 0.15) is 17.7 Å². The first-order valence-electron chi connectivity index (χ1n) is 7.74. The Hall–Kier alpha value is -2.45. The number of rotatable bonds is 6. The van der Waals surface area contributed by atoms with Crippen LogP contribution < -0.4 is 5.32 Å². The molecule has 0 saturated heterocycles. The van der Waals surface area contributed by atoms with Crippen LogP contribution in [0.3, 0.4) is 0 Å². The summed E-state index contributed by atoms with van der Waals surface area (Å²) in [6, 6.07) is 4.45.